The maximum absolute atomic E-state index is 11.8. The summed E-state index contributed by atoms with van der Waals surface area (Å²) in [5.74, 6) is 1.48. The Kier molecular flexibility index (Phi) is 5.66. The van der Waals surface area contributed by atoms with Crippen molar-refractivity contribution in [3.05, 3.63) is 48.2 Å². The molecule has 1 saturated heterocycles. The lowest BCUT2D eigenvalue weighted by Gasteiger charge is -2.34. The molecule has 0 bridgehead atoms. The minimum absolute atomic E-state index is 0.241. The highest BCUT2D eigenvalue weighted by Crippen LogP contribution is 2.15. The van der Waals surface area contributed by atoms with Gasteiger partial charge in [0, 0.05) is 38.9 Å². The van der Waals surface area contributed by atoms with Crippen LogP contribution < -0.4 is 10.2 Å². The van der Waals surface area contributed by atoms with Crippen molar-refractivity contribution in [3.63, 3.8) is 0 Å². The molecule has 1 amide bonds. The van der Waals surface area contributed by atoms with Crippen LogP contribution in [0.2, 0.25) is 0 Å². The zero-order valence-corrected chi connectivity index (χ0v) is 14.4. The molecule has 1 fully saturated rings. The molecule has 0 aliphatic carbocycles. The molecule has 1 N–H and O–H groups in total. The van der Waals surface area contributed by atoms with Crippen LogP contribution in [0.4, 0.5) is 16.6 Å². The van der Waals surface area contributed by atoms with Crippen LogP contribution in [-0.4, -0.2) is 53.7 Å². The zero-order chi connectivity index (χ0) is 17.5. The van der Waals surface area contributed by atoms with Crippen molar-refractivity contribution in [1.29, 1.82) is 0 Å². The molecule has 2 heterocycles. The molecule has 0 radical (unpaired) electrons. The molecule has 0 spiro atoms. The monoisotopic (exact) mass is 341 g/mol. The van der Waals surface area contributed by atoms with Crippen LogP contribution >= 0.6 is 0 Å². The van der Waals surface area contributed by atoms with Gasteiger partial charge in [-0.25, -0.2) is 9.78 Å². The fourth-order valence-corrected chi connectivity index (χ4v) is 2.72. The van der Waals surface area contributed by atoms with E-state index in [1.54, 1.807) is 11.1 Å². The first kappa shape index (κ1) is 17.0. The Morgan fingerprint density at radius 2 is 1.92 bits per heavy atom. The summed E-state index contributed by atoms with van der Waals surface area (Å²) in [4.78, 5) is 24.5. The van der Waals surface area contributed by atoms with Crippen molar-refractivity contribution >= 4 is 17.9 Å². The smallest absolute Gasteiger partial charge is 0.409 e. The van der Waals surface area contributed by atoms with Gasteiger partial charge in [0.25, 0.3) is 0 Å². The molecule has 25 heavy (non-hydrogen) atoms. The lowest BCUT2D eigenvalue weighted by Crippen LogP contribution is -2.49. The van der Waals surface area contributed by atoms with Gasteiger partial charge in [-0.3, -0.25) is 0 Å². The number of carbonyl (C=O) groups is 1. The molecule has 1 aliphatic rings. The second-order valence-electron chi connectivity index (χ2n) is 5.75. The fourth-order valence-electron chi connectivity index (χ4n) is 2.72. The Labute approximate surface area is 147 Å². The van der Waals surface area contributed by atoms with E-state index in [0.29, 0.717) is 32.2 Å². The first-order valence-corrected chi connectivity index (χ1v) is 8.53. The summed E-state index contributed by atoms with van der Waals surface area (Å²) in [6.07, 6.45) is 1.52. The highest BCUT2D eigenvalue weighted by atomic mass is 16.6. The summed E-state index contributed by atoms with van der Waals surface area (Å²) in [6, 6.07) is 12.0. The van der Waals surface area contributed by atoms with E-state index >= 15 is 0 Å². The van der Waals surface area contributed by atoms with Gasteiger partial charge in [-0.1, -0.05) is 30.3 Å². The number of piperazine rings is 1. The van der Waals surface area contributed by atoms with Crippen molar-refractivity contribution < 1.29 is 9.53 Å². The van der Waals surface area contributed by atoms with Crippen molar-refractivity contribution in [2.75, 3.05) is 43.0 Å². The number of anilines is 2. The van der Waals surface area contributed by atoms with Gasteiger partial charge >= 0.3 is 6.09 Å². The molecule has 0 unspecified atom stereocenters. The lowest BCUT2D eigenvalue weighted by molar-refractivity contribution is 0.105. The third-order valence-electron chi connectivity index (χ3n) is 4.06. The van der Waals surface area contributed by atoms with Crippen molar-refractivity contribution in [3.8, 4) is 0 Å². The molecule has 7 nitrogen and oxygen atoms in total. The first-order chi connectivity index (χ1) is 12.3. The van der Waals surface area contributed by atoms with Crippen molar-refractivity contribution in [2.24, 2.45) is 0 Å². The number of nitrogens with one attached hydrogen (secondary N) is 1. The number of aromatic nitrogens is 2. The van der Waals surface area contributed by atoms with E-state index in [2.05, 4.69) is 32.3 Å². The lowest BCUT2D eigenvalue weighted by atomic mass is 10.2. The number of hydrogen-bond donors (Lipinski definition) is 1. The summed E-state index contributed by atoms with van der Waals surface area (Å²) < 4.78 is 5.05. The van der Waals surface area contributed by atoms with Gasteiger partial charge in [-0.05, 0) is 18.6 Å². The molecule has 1 aromatic carbocycles. The first-order valence-electron chi connectivity index (χ1n) is 8.53. The maximum atomic E-state index is 11.8. The van der Waals surface area contributed by atoms with Gasteiger partial charge in [0.15, 0.2) is 0 Å². The van der Waals surface area contributed by atoms with Crippen LogP contribution in [0.15, 0.2) is 42.6 Å². The van der Waals surface area contributed by atoms with E-state index in [9.17, 15) is 4.79 Å². The van der Waals surface area contributed by atoms with Crippen LogP contribution in [0, 0.1) is 0 Å². The molecular formula is C18H23N5O2. The Balaban J connectivity index is 1.56. The fraction of sp³-hybridized carbons (Fsp3) is 0.389. The van der Waals surface area contributed by atoms with Crippen LogP contribution in [0.5, 0.6) is 0 Å². The summed E-state index contributed by atoms with van der Waals surface area (Å²) in [7, 11) is 0. The van der Waals surface area contributed by atoms with Crippen LogP contribution in [0.3, 0.4) is 0 Å². The highest BCUT2D eigenvalue weighted by Gasteiger charge is 2.22. The van der Waals surface area contributed by atoms with Crippen LogP contribution in [0.1, 0.15) is 12.5 Å². The van der Waals surface area contributed by atoms with Crippen LogP contribution in [0.25, 0.3) is 0 Å². The highest BCUT2D eigenvalue weighted by molar-refractivity contribution is 5.68. The number of hydrogen-bond acceptors (Lipinski definition) is 6. The average molecular weight is 341 g/mol. The quantitative estimate of drug-likeness (QED) is 0.900. The molecular weight excluding hydrogens is 318 g/mol. The van der Waals surface area contributed by atoms with E-state index in [1.165, 1.54) is 5.56 Å². The van der Waals surface area contributed by atoms with Gasteiger partial charge in [-0.15, -0.1) is 0 Å². The third-order valence-corrected chi connectivity index (χ3v) is 4.06. The van der Waals surface area contributed by atoms with Gasteiger partial charge < -0.3 is 19.9 Å². The Morgan fingerprint density at radius 1 is 1.16 bits per heavy atom. The maximum Gasteiger partial charge on any atom is 0.409 e. The largest absolute Gasteiger partial charge is 0.450 e. The minimum Gasteiger partial charge on any atom is -0.450 e. The molecule has 0 atom stereocenters. The number of nitrogens with zero attached hydrogens (tertiary/aromatic N) is 4. The van der Waals surface area contributed by atoms with Crippen molar-refractivity contribution in [2.45, 2.75) is 13.5 Å². The molecule has 7 heteroatoms. The van der Waals surface area contributed by atoms with E-state index < -0.39 is 0 Å². The van der Waals surface area contributed by atoms with E-state index in [1.807, 2.05) is 31.2 Å². The van der Waals surface area contributed by atoms with Gasteiger partial charge in [0.05, 0.1) is 6.61 Å². The Hall–Kier alpha value is -2.83. The number of amides is 1. The topological polar surface area (TPSA) is 70.6 Å². The number of benzene rings is 1. The molecule has 1 aliphatic heterocycles. The van der Waals surface area contributed by atoms with Gasteiger partial charge in [-0.2, -0.15) is 4.98 Å². The molecule has 0 saturated carbocycles. The predicted octanol–water partition coefficient (Wildman–Crippen LogP) is 2.37. The number of rotatable bonds is 5. The molecule has 3 rings (SSSR count). The molecule has 2 aromatic rings. The summed E-state index contributed by atoms with van der Waals surface area (Å²) in [5.41, 5.74) is 1.18. The zero-order valence-electron chi connectivity index (χ0n) is 14.4. The number of ether oxygens (including phenoxy) is 1. The normalized spacial score (nSPS) is 14.3. The van der Waals surface area contributed by atoms with Gasteiger partial charge in [0.1, 0.15) is 5.82 Å². The summed E-state index contributed by atoms with van der Waals surface area (Å²) in [6.45, 7) is 5.63. The second-order valence-corrected chi connectivity index (χ2v) is 5.75. The standard InChI is InChI=1S/C18H23N5O2/c1-2-25-18(24)23-12-10-22(11-13-23)16-8-9-19-17(21-16)20-14-15-6-4-3-5-7-15/h3-9H,2,10-14H2,1H3,(H,19,20,21). The Morgan fingerprint density at radius 3 is 2.64 bits per heavy atom. The van der Waals surface area contributed by atoms with Crippen molar-refractivity contribution in [1.82, 2.24) is 14.9 Å². The SMILES string of the molecule is CCOC(=O)N1CCN(c2ccnc(NCc3ccccc3)n2)CC1. The van der Waals surface area contributed by atoms with E-state index in [0.717, 1.165) is 18.9 Å². The van der Waals surface area contributed by atoms with Gasteiger partial charge in [0.2, 0.25) is 5.95 Å². The van der Waals surface area contributed by atoms with E-state index in [4.69, 9.17) is 4.74 Å². The third kappa shape index (κ3) is 4.59. The summed E-state index contributed by atoms with van der Waals surface area (Å²) in [5, 5.41) is 3.25. The minimum atomic E-state index is -0.241. The average Bonchev–Trinajstić information content (AvgIpc) is 2.68. The summed E-state index contributed by atoms with van der Waals surface area (Å²) >= 11 is 0. The number of carbonyl (C=O) groups excluding carboxylic acids is 1. The molecule has 132 valence electrons. The second kappa shape index (κ2) is 8.32. The molecule has 1 aromatic heterocycles. The Bertz CT molecular complexity index is 687. The predicted molar refractivity (Wildman–Crippen MR) is 96.6 cm³/mol. The van der Waals surface area contributed by atoms with E-state index in [-0.39, 0.29) is 6.09 Å². The van der Waals surface area contributed by atoms with Crippen LogP contribution in [-0.2, 0) is 11.3 Å².